The van der Waals surface area contributed by atoms with E-state index in [4.69, 9.17) is 23.2 Å². The number of aryl methyl sites for hydroxylation is 1. The SMILES string of the molecule is Cc1ccc(Cl)c(N2C(=O)C=CC2=O)c1Cl. The van der Waals surface area contributed by atoms with Gasteiger partial charge in [-0.15, -0.1) is 0 Å². The van der Waals surface area contributed by atoms with Crippen LogP contribution >= 0.6 is 23.2 Å². The van der Waals surface area contributed by atoms with Crippen molar-refractivity contribution in [3.63, 3.8) is 0 Å². The van der Waals surface area contributed by atoms with E-state index in [9.17, 15) is 9.59 Å². The maximum atomic E-state index is 11.5. The number of anilines is 1. The molecule has 1 aliphatic rings. The van der Waals surface area contributed by atoms with Gasteiger partial charge in [-0.25, -0.2) is 4.90 Å². The fraction of sp³-hybridized carbons (Fsp3) is 0.0909. The number of benzene rings is 1. The zero-order chi connectivity index (χ0) is 11.9. The molecule has 0 spiro atoms. The van der Waals surface area contributed by atoms with Crippen LogP contribution in [0.5, 0.6) is 0 Å². The number of imide groups is 1. The molecule has 3 nitrogen and oxygen atoms in total. The quantitative estimate of drug-likeness (QED) is 0.724. The fourth-order valence-electron chi connectivity index (χ4n) is 1.47. The van der Waals surface area contributed by atoms with Crippen LogP contribution in [0.1, 0.15) is 5.56 Å². The molecule has 0 N–H and O–H groups in total. The molecule has 0 fully saturated rings. The van der Waals surface area contributed by atoms with Crippen molar-refractivity contribution in [1.82, 2.24) is 0 Å². The van der Waals surface area contributed by atoms with E-state index in [1.54, 1.807) is 19.1 Å². The second-order valence-electron chi connectivity index (χ2n) is 3.37. The number of rotatable bonds is 1. The molecule has 0 saturated carbocycles. The molecule has 0 saturated heterocycles. The van der Waals surface area contributed by atoms with Crippen molar-refractivity contribution in [1.29, 1.82) is 0 Å². The molecule has 16 heavy (non-hydrogen) atoms. The first-order valence-electron chi connectivity index (χ1n) is 4.53. The van der Waals surface area contributed by atoms with Crippen molar-refractivity contribution in [3.8, 4) is 0 Å². The standard InChI is InChI=1S/C11H7Cl2NO2/c1-6-2-3-7(12)11(10(6)13)14-8(15)4-5-9(14)16/h2-5H,1H3. The van der Waals surface area contributed by atoms with Crippen LogP contribution in [0.25, 0.3) is 0 Å². The van der Waals surface area contributed by atoms with E-state index in [0.717, 1.165) is 10.5 Å². The average molecular weight is 256 g/mol. The number of halogens is 2. The van der Waals surface area contributed by atoms with Gasteiger partial charge in [-0.1, -0.05) is 29.3 Å². The highest BCUT2D eigenvalue weighted by molar-refractivity contribution is 6.43. The van der Waals surface area contributed by atoms with E-state index in [-0.39, 0.29) is 10.7 Å². The van der Waals surface area contributed by atoms with Gasteiger partial charge in [0, 0.05) is 12.2 Å². The average Bonchev–Trinajstić information content (AvgIpc) is 2.56. The van der Waals surface area contributed by atoms with Crippen LogP contribution in [0, 0.1) is 6.92 Å². The lowest BCUT2D eigenvalue weighted by Gasteiger charge is -2.18. The lowest BCUT2D eigenvalue weighted by atomic mass is 10.2. The number of carbonyl (C=O) groups excluding carboxylic acids is 2. The van der Waals surface area contributed by atoms with Gasteiger partial charge < -0.3 is 0 Å². The van der Waals surface area contributed by atoms with Gasteiger partial charge in [-0.05, 0) is 18.6 Å². The summed E-state index contributed by atoms with van der Waals surface area (Å²) in [6, 6.07) is 3.34. The Kier molecular flexibility index (Phi) is 2.74. The Morgan fingerprint density at radius 1 is 1.06 bits per heavy atom. The normalized spacial score (nSPS) is 15.1. The Morgan fingerprint density at radius 2 is 1.62 bits per heavy atom. The molecule has 0 radical (unpaired) electrons. The van der Waals surface area contributed by atoms with Gasteiger partial charge in [-0.2, -0.15) is 0 Å². The highest BCUT2D eigenvalue weighted by Crippen LogP contribution is 2.37. The van der Waals surface area contributed by atoms with Crippen molar-refractivity contribution in [3.05, 3.63) is 39.9 Å². The summed E-state index contributed by atoms with van der Waals surface area (Å²) in [5.74, 6) is -0.862. The van der Waals surface area contributed by atoms with Crippen molar-refractivity contribution in [2.75, 3.05) is 4.90 Å². The predicted octanol–water partition coefficient (Wildman–Crippen LogP) is 2.73. The summed E-state index contributed by atoms with van der Waals surface area (Å²) in [6.07, 6.45) is 2.38. The Labute approximate surface area is 102 Å². The fourth-order valence-corrected chi connectivity index (χ4v) is 2.01. The minimum atomic E-state index is -0.431. The van der Waals surface area contributed by atoms with Gasteiger partial charge in [-0.3, -0.25) is 9.59 Å². The molecule has 0 aliphatic carbocycles. The second kappa shape index (κ2) is 3.92. The summed E-state index contributed by atoms with van der Waals surface area (Å²) in [4.78, 5) is 24.0. The maximum absolute atomic E-state index is 11.5. The molecule has 2 amide bonds. The van der Waals surface area contributed by atoms with Crippen molar-refractivity contribution in [2.24, 2.45) is 0 Å². The van der Waals surface area contributed by atoms with Crippen LogP contribution in [-0.2, 0) is 9.59 Å². The molecule has 0 atom stereocenters. The number of hydrogen-bond donors (Lipinski definition) is 0. The molecule has 2 rings (SSSR count). The first-order chi connectivity index (χ1) is 7.52. The molecular formula is C11H7Cl2NO2. The van der Waals surface area contributed by atoms with Gasteiger partial charge in [0.05, 0.1) is 15.7 Å². The highest BCUT2D eigenvalue weighted by atomic mass is 35.5. The first-order valence-corrected chi connectivity index (χ1v) is 5.28. The molecular weight excluding hydrogens is 249 g/mol. The minimum absolute atomic E-state index is 0.253. The molecule has 1 aliphatic heterocycles. The first kappa shape index (κ1) is 11.2. The third kappa shape index (κ3) is 1.62. The molecule has 0 unspecified atom stereocenters. The van der Waals surface area contributed by atoms with Gasteiger partial charge in [0.25, 0.3) is 11.8 Å². The number of carbonyl (C=O) groups is 2. The van der Waals surface area contributed by atoms with Crippen molar-refractivity contribution in [2.45, 2.75) is 6.92 Å². The highest BCUT2D eigenvalue weighted by Gasteiger charge is 2.29. The van der Waals surface area contributed by atoms with Crippen LogP contribution in [0.4, 0.5) is 5.69 Å². The molecule has 0 aromatic heterocycles. The molecule has 0 bridgehead atoms. The van der Waals surface area contributed by atoms with E-state index in [2.05, 4.69) is 0 Å². The Hall–Kier alpha value is -1.32. The largest absolute Gasteiger partial charge is 0.269 e. The van der Waals surface area contributed by atoms with Gasteiger partial charge in [0.1, 0.15) is 0 Å². The van der Waals surface area contributed by atoms with Crippen molar-refractivity contribution < 1.29 is 9.59 Å². The predicted molar refractivity (Wildman–Crippen MR) is 62.8 cm³/mol. The lowest BCUT2D eigenvalue weighted by molar-refractivity contribution is -0.119. The summed E-state index contributed by atoms with van der Waals surface area (Å²) in [7, 11) is 0. The number of hydrogen-bond acceptors (Lipinski definition) is 2. The topological polar surface area (TPSA) is 37.4 Å². The molecule has 1 heterocycles. The monoisotopic (exact) mass is 255 g/mol. The van der Waals surface area contributed by atoms with E-state index in [0.29, 0.717) is 5.02 Å². The van der Waals surface area contributed by atoms with Crippen LogP contribution in [-0.4, -0.2) is 11.8 Å². The summed E-state index contributed by atoms with van der Waals surface area (Å²) in [5, 5.41) is 0.596. The number of nitrogens with zero attached hydrogens (tertiary/aromatic N) is 1. The molecule has 5 heteroatoms. The molecule has 1 aromatic carbocycles. The maximum Gasteiger partial charge on any atom is 0.258 e. The van der Waals surface area contributed by atoms with Gasteiger partial charge in [0.2, 0.25) is 0 Å². The Balaban J connectivity index is 2.61. The van der Waals surface area contributed by atoms with Gasteiger partial charge in [0.15, 0.2) is 0 Å². The smallest absolute Gasteiger partial charge is 0.258 e. The van der Waals surface area contributed by atoms with Crippen LogP contribution in [0.3, 0.4) is 0 Å². The van der Waals surface area contributed by atoms with Crippen LogP contribution in [0.2, 0.25) is 10.0 Å². The van der Waals surface area contributed by atoms with E-state index in [1.807, 2.05) is 0 Å². The summed E-state index contributed by atoms with van der Waals surface area (Å²) in [6.45, 7) is 1.78. The number of amides is 2. The third-order valence-corrected chi connectivity index (χ3v) is 3.07. The van der Waals surface area contributed by atoms with E-state index in [1.165, 1.54) is 12.2 Å². The zero-order valence-electron chi connectivity index (χ0n) is 8.33. The summed E-state index contributed by atoms with van der Waals surface area (Å²) < 4.78 is 0. The molecule has 1 aromatic rings. The van der Waals surface area contributed by atoms with Crippen LogP contribution < -0.4 is 4.90 Å². The zero-order valence-corrected chi connectivity index (χ0v) is 9.84. The summed E-state index contributed by atoms with van der Waals surface area (Å²) >= 11 is 12.0. The Bertz CT molecular complexity index is 505. The van der Waals surface area contributed by atoms with Gasteiger partial charge >= 0.3 is 0 Å². The lowest BCUT2D eigenvalue weighted by Crippen LogP contribution is -2.30. The molecule has 82 valence electrons. The van der Waals surface area contributed by atoms with E-state index >= 15 is 0 Å². The third-order valence-electron chi connectivity index (χ3n) is 2.29. The Morgan fingerprint density at radius 3 is 2.19 bits per heavy atom. The van der Waals surface area contributed by atoms with E-state index < -0.39 is 11.8 Å². The second-order valence-corrected chi connectivity index (χ2v) is 4.16. The van der Waals surface area contributed by atoms with Crippen LogP contribution in [0.15, 0.2) is 24.3 Å². The van der Waals surface area contributed by atoms with Crippen molar-refractivity contribution >= 4 is 40.7 Å². The summed E-state index contributed by atoms with van der Waals surface area (Å²) in [5.41, 5.74) is 1.01. The minimum Gasteiger partial charge on any atom is -0.269 e.